The molecular weight excluding hydrogens is 360 g/mol. The van der Waals surface area contributed by atoms with Gasteiger partial charge in [0.05, 0.1) is 17.7 Å². The van der Waals surface area contributed by atoms with Gasteiger partial charge in [0.25, 0.3) is 11.8 Å². The topological polar surface area (TPSA) is 92.8 Å². The van der Waals surface area contributed by atoms with Crippen molar-refractivity contribution in [3.05, 3.63) is 29.3 Å². The molecule has 1 saturated carbocycles. The van der Waals surface area contributed by atoms with Gasteiger partial charge in [0.2, 0.25) is 11.8 Å². The molecule has 0 spiro atoms. The van der Waals surface area contributed by atoms with Gasteiger partial charge in [-0.15, -0.1) is 0 Å². The normalized spacial score (nSPS) is 27.6. The summed E-state index contributed by atoms with van der Waals surface area (Å²) in [5.41, 5.74) is 0.526. The highest BCUT2D eigenvalue weighted by molar-refractivity contribution is 6.23. The van der Waals surface area contributed by atoms with E-state index in [1.165, 1.54) is 12.8 Å². The SMILES string of the molecule is CC1CCC(COc2ccc3c(c2)C(=O)N(C2CCC(=O)NC2=O)C3=O)CC1. The fourth-order valence-electron chi connectivity index (χ4n) is 4.25. The quantitative estimate of drug-likeness (QED) is 0.804. The van der Waals surface area contributed by atoms with E-state index in [1.54, 1.807) is 18.2 Å². The average Bonchev–Trinajstić information content (AvgIpc) is 2.92. The Morgan fingerprint density at radius 3 is 2.43 bits per heavy atom. The van der Waals surface area contributed by atoms with Crippen LogP contribution in [-0.4, -0.2) is 41.2 Å². The molecule has 148 valence electrons. The second-order valence-electron chi connectivity index (χ2n) is 8.09. The molecule has 1 aliphatic carbocycles. The standard InChI is InChI=1S/C21H24N2O5/c1-12-2-4-13(5-3-12)11-28-14-6-7-15-16(10-14)21(27)23(20(15)26)17-8-9-18(24)22-19(17)25/h6-7,10,12-13,17H,2-5,8-9,11H2,1H3,(H,22,24,25). The van der Waals surface area contributed by atoms with E-state index in [1.807, 2.05) is 0 Å². The summed E-state index contributed by atoms with van der Waals surface area (Å²) in [4.78, 5) is 49.9. The van der Waals surface area contributed by atoms with E-state index in [-0.39, 0.29) is 29.9 Å². The van der Waals surface area contributed by atoms with Crippen LogP contribution in [0.25, 0.3) is 0 Å². The molecule has 7 heteroatoms. The number of carbonyl (C=O) groups is 4. The van der Waals surface area contributed by atoms with E-state index in [4.69, 9.17) is 4.74 Å². The summed E-state index contributed by atoms with van der Waals surface area (Å²) in [6, 6.07) is 3.93. The van der Waals surface area contributed by atoms with Gasteiger partial charge < -0.3 is 4.74 Å². The molecule has 4 amide bonds. The number of nitrogens with one attached hydrogen (secondary N) is 1. The van der Waals surface area contributed by atoms with Crippen molar-refractivity contribution < 1.29 is 23.9 Å². The Labute approximate surface area is 163 Å². The van der Waals surface area contributed by atoms with Crippen LogP contribution in [0.4, 0.5) is 0 Å². The van der Waals surface area contributed by atoms with Crippen LogP contribution in [0.2, 0.25) is 0 Å². The first-order chi connectivity index (χ1) is 13.4. The fourth-order valence-corrected chi connectivity index (χ4v) is 4.25. The van der Waals surface area contributed by atoms with Gasteiger partial charge in [-0.05, 0) is 49.3 Å². The van der Waals surface area contributed by atoms with Crippen LogP contribution >= 0.6 is 0 Å². The highest BCUT2D eigenvalue weighted by Gasteiger charge is 2.44. The van der Waals surface area contributed by atoms with Crippen molar-refractivity contribution in [2.75, 3.05) is 6.61 Å². The molecule has 4 rings (SSSR count). The van der Waals surface area contributed by atoms with Crippen molar-refractivity contribution in [2.45, 2.75) is 51.5 Å². The number of fused-ring (bicyclic) bond motifs is 1. The number of piperidine rings is 1. The van der Waals surface area contributed by atoms with Crippen molar-refractivity contribution >= 4 is 23.6 Å². The monoisotopic (exact) mass is 384 g/mol. The van der Waals surface area contributed by atoms with Gasteiger partial charge in [0.15, 0.2) is 0 Å². The van der Waals surface area contributed by atoms with Gasteiger partial charge in [0.1, 0.15) is 11.8 Å². The predicted octanol–water partition coefficient (Wildman–Crippen LogP) is 2.29. The lowest BCUT2D eigenvalue weighted by atomic mass is 9.83. The lowest BCUT2D eigenvalue weighted by Crippen LogP contribution is -2.54. The van der Waals surface area contributed by atoms with Gasteiger partial charge in [-0.1, -0.05) is 19.8 Å². The molecule has 1 saturated heterocycles. The Morgan fingerprint density at radius 1 is 1.00 bits per heavy atom. The minimum absolute atomic E-state index is 0.109. The van der Waals surface area contributed by atoms with Gasteiger partial charge in [-0.2, -0.15) is 0 Å². The molecule has 2 fully saturated rings. The second kappa shape index (κ2) is 7.37. The third kappa shape index (κ3) is 3.41. The minimum atomic E-state index is -0.946. The first-order valence-corrected chi connectivity index (χ1v) is 9.92. The van der Waals surface area contributed by atoms with Gasteiger partial charge in [-0.25, -0.2) is 0 Å². The van der Waals surface area contributed by atoms with Crippen molar-refractivity contribution in [3.8, 4) is 5.75 Å². The number of hydrogen-bond donors (Lipinski definition) is 1. The number of rotatable bonds is 4. The van der Waals surface area contributed by atoms with Gasteiger partial charge in [-0.3, -0.25) is 29.4 Å². The Morgan fingerprint density at radius 2 is 1.71 bits per heavy atom. The number of imide groups is 2. The highest BCUT2D eigenvalue weighted by Crippen LogP contribution is 2.32. The van der Waals surface area contributed by atoms with Crippen molar-refractivity contribution in [3.63, 3.8) is 0 Å². The Kier molecular flexibility index (Phi) is 4.91. The molecule has 1 aromatic rings. The number of amides is 4. The van der Waals surface area contributed by atoms with Crippen LogP contribution in [0, 0.1) is 11.8 Å². The zero-order valence-corrected chi connectivity index (χ0v) is 15.9. The summed E-state index contributed by atoms with van der Waals surface area (Å²) >= 11 is 0. The Balaban J connectivity index is 1.46. The van der Waals surface area contributed by atoms with Gasteiger partial charge >= 0.3 is 0 Å². The maximum Gasteiger partial charge on any atom is 0.262 e. The van der Waals surface area contributed by atoms with E-state index >= 15 is 0 Å². The Hall–Kier alpha value is -2.70. The molecule has 0 bridgehead atoms. The van der Waals surface area contributed by atoms with E-state index in [2.05, 4.69) is 12.2 Å². The number of nitrogens with zero attached hydrogens (tertiary/aromatic N) is 1. The van der Waals surface area contributed by atoms with Crippen LogP contribution in [0.15, 0.2) is 18.2 Å². The summed E-state index contributed by atoms with van der Waals surface area (Å²) < 4.78 is 5.90. The van der Waals surface area contributed by atoms with Crippen LogP contribution < -0.4 is 10.1 Å². The molecule has 0 aromatic heterocycles. The number of ether oxygens (including phenoxy) is 1. The van der Waals surface area contributed by atoms with E-state index < -0.39 is 23.8 Å². The summed E-state index contributed by atoms with van der Waals surface area (Å²) in [6.45, 7) is 2.87. The number of benzene rings is 1. The maximum absolute atomic E-state index is 12.8. The number of carbonyl (C=O) groups excluding carboxylic acids is 4. The number of hydrogen-bond acceptors (Lipinski definition) is 5. The first kappa shape index (κ1) is 18.7. The van der Waals surface area contributed by atoms with Crippen molar-refractivity contribution in [1.29, 1.82) is 0 Å². The lowest BCUT2D eigenvalue weighted by molar-refractivity contribution is -0.136. The van der Waals surface area contributed by atoms with E-state index in [0.717, 1.165) is 23.7 Å². The third-order valence-corrected chi connectivity index (χ3v) is 6.03. The maximum atomic E-state index is 12.8. The summed E-state index contributed by atoms with van der Waals surface area (Å²) in [5, 5.41) is 2.20. The third-order valence-electron chi connectivity index (χ3n) is 6.03. The van der Waals surface area contributed by atoms with E-state index in [0.29, 0.717) is 18.3 Å². The molecule has 3 aliphatic rings. The van der Waals surface area contributed by atoms with Gasteiger partial charge in [0, 0.05) is 6.42 Å². The molecule has 7 nitrogen and oxygen atoms in total. The largest absolute Gasteiger partial charge is 0.493 e. The molecule has 1 N–H and O–H groups in total. The molecule has 2 aliphatic heterocycles. The highest BCUT2D eigenvalue weighted by atomic mass is 16.5. The zero-order chi connectivity index (χ0) is 19.8. The van der Waals surface area contributed by atoms with Crippen molar-refractivity contribution in [1.82, 2.24) is 10.2 Å². The van der Waals surface area contributed by atoms with Crippen LogP contribution in [0.3, 0.4) is 0 Å². The zero-order valence-electron chi connectivity index (χ0n) is 15.9. The summed E-state index contributed by atoms with van der Waals surface area (Å²) in [5.74, 6) is -0.142. The lowest BCUT2D eigenvalue weighted by Gasteiger charge is -2.27. The predicted molar refractivity (Wildman–Crippen MR) is 99.7 cm³/mol. The second-order valence-corrected chi connectivity index (χ2v) is 8.09. The van der Waals surface area contributed by atoms with Crippen LogP contribution in [0.5, 0.6) is 5.75 Å². The smallest absolute Gasteiger partial charge is 0.262 e. The fraction of sp³-hybridized carbons (Fsp3) is 0.524. The van der Waals surface area contributed by atoms with Crippen LogP contribution in [-0.2, 0) is 9.59 Å². The minimum Gasteiger partial charge on any atom is -0.493 e. The molecule has 1 atom stereocenters. The average molecular weight is 384 g/mol. The first-order valence-electron chi connectivity index (χ1n) is 9.92. The van der Waals surface area contributed by atoms with Crippen LogP contribution in [0.1, 0.15) is 66.2 Å². The summed E-state index contributed by atoms with van der Waals surface area (Å²) in [6.07, 6.45) is 4.98. The molecule has 28 heavy (non-hydrogen) atoms. The molecular formula is C21H24N2O5. The Bertz CT molecular complexity index is 841. The van der Waals surface area contributed by atoms with E-state index in [9.17, 15) is 19.2 Å². The molecule has 1 unspecified atom stereocenters. The van der Waals surface area contributed by atoms with Crippen molar-refractivity contribution in [2.24, 2.45) is 11.8 Å². The molecule has 2 heterocycles. The molecule has 0 radical (unpaired) electrons. The molecule has 1 aromatic carbocycles. The summed E-state index contributed by atoms with van der Waals surface area (Å²) in [7, 11) is 0.